The minimum absolute atomic E-state index is 0.0215. The summed E-state index contributed by atoms with van der Waals surface area (Å²) in [6.07, 6.45) is 1.85. The number of carbonyl (C=O) groups is 2. The monoisotopic (exact) mass is 295 g/mol. The third-order valence-corrected chi connectivity index (χ3v) is 3.73. The number of anilines is 2. The van der Waals surface area contributed by atoms with Crippen molar-refractivity contribution in [2.75, 3.05) is 16.8 Å². The maximum absolute atomic E-state index is 12.3. The van der Waals surface area contributed by atoms with E-state index in [2.05, 4.69) is 10.3 Å². The Labute approximate surface area is 129 Å². The molecule has 0 bridgehead atoms. The van der Waals surface area contributed by atoms with Crippen molar-refractivity contribution in [3.63, 3.8) is 0 Å². The summed E-state index contributed by atoms with van der Waals surface area (Å²) < 4.78 is 0. The molecule has 1 aromatic heterocycles. The van der Waals surface area contributed by atoms with Gasteiger partial charge in [0.25, 0.3) is 0 Å². The van der Waals surface area contributed by atoms with Crippen LogP contribution in [0.25, 0.3) is 0 Å². The average molecular weight is 295 g/mol. The normalized spacial score (nSPS) is 17.6. The van der Waals surface area contributed by atoms with E-state index >= 15 is 0 Å². The smallest absolute Gasteiger partial charge is 0.230 e. The van der Waals surface area contributed by atoms with Gasteiger partial charge in [0.1, 0.15) is 5.82 Å². The van der Waals surface area contributed by atoms with Gasteiger partial charge in [-0.25, -0.2) is 4.98 Å². The molecule has 5 nitrogen and oxygen atoms in total. The van der Waals surface area contributed by atoms with Crippen LogP contribution < -0.4 is 10.2 Å². The first-order valence-corrected chi connectivity index (χ1v) is 7.22. The number of amides is 2. The lowest BCUT2D eigenvalue weighted by Crippen LogP contribution is -2.28. The molecule has 1 aliphatic heterocycles. The number of aryl methyl sites for hydroxylation is 1. The molecular formula is C17H17N3O2. The second-order valence-electron chi connectivity index (χ2n) is 5.45. The Hall–Kier alpha value is -2.69. The highest BCUT2D eigenvalue weighted by Gasteiger charge is 2.35. The van der Waals surface area contributed by atoms with Crippen molar-refractivity contribution < 1.29 is 9.59 Å². The fraction of sp³-hybridized carbons (Fsp3) is 0.235. The fourth-order valence-corrected chi connectivity index (χ4v) is 2.59. The number of nitrogens with one attached hydrogen (secondary N) is 1. The SMILES string of the molecule is Cc1cccc(N2CC(C(=O)Nc3ccccn3)CC2=O)c1. The predicted octanol–water partition coefficient (Wildman–Crippen LogP) is 2.38. The van der Waals surface area contributed by atoms with Gasteiger partial charge >= 0.3 is 0 Å². The first-order chi connectivity index (χ1) is 10.6. The van der Waals surface area contributed by atoms with Gasteiger partial charge in [-0.05, 0) is 36.8 Å². The third kappa shape index (κ3) is 2.98. The van der Waals surface area contributed by atoms with Gasteiger partial charge in [-0.3, -0.25) is 9.59 Å². The number of benzene rings is 1. The first kappa shape index (κ1) is 14.3. The molecule has 0 aliphatic carbocycles. The van der Waals surface area contributed by atoms with Crippen LogP contribution in [0.3, 0.4) is 0 Å². The summed E-state index contributed by atoms with van der Waals surface area (Å²) in [6.45, 7) is 2.39. The van der Waals surface area contributed by atoms with E-state index in [1.807, 2.05) is 37.3 Å². The Morgan fingerprint density at radius 1 is 1.27 bits per heavy atom. The molecule has 1 aliphatic rings. The summed E-state index contributed by atoms with van der Waals surface area (Å²) in [4.78, 5) is 30.2. The fourth-order valence-electron chi connectivity index (χ4n) is 2.59. The van der Waals surface area contributed by atoms with Crippen molar-refractivity contribution in [1.82, 2.24) is 4.98 Å². The second kappa shape index (κ2) is 5.97. The van der Waals surface area contributed by atoms with Crippen LogP contribution in [0, 0.1) is 12.8 Å². The molecule has 0 radical (unpaired) electrons. The van der Waals surface area contributed by atoms with Crippen LogP contribution >= 0.6 is 0 Å². The minimum Gasteiger partial charge on any atom is -0.312 e. The number of hydrogen-bond donors (Lipinski definition) is 1. The lowest BCUT2D eigenvalue weighted by Gasteiger charge is -2.17. The molecule has 5 heteroatoms. The highest BCUT2D eigenvalue weighted by atomic mass is 16.2. The van der Waals surface area contributed by atoms with Gasteiger partial charge in [-0.2, -0.15) is 0 Å². The second-order valence-corrected chi connectivity index (χ2v) is 5.45. The molecule has 3 rings (SSSR count). The molecule has 0 saturated carbocycles. The van der Waals surface area contributed by atoms with Crippen LogP contribution in [0.4, 0.5) is 11.5 Å². The van der Waals surface area contributed by atoms with Crippen molar-refractivity contribution >= 4 is 23.3 Å². The standard InChI is InChI=1S/C17H17N3O2/c1-12-5-4-6-14(9-12)20-11-13(10-16(20)21)17(22)19-15-7-2-3-8-18-15/h2-9,13H,10-11H2,1H3,(H,18,19,22). The largest absolute Gasteiger partial charge is 0.312 e. The van der Waals surface area contributed by atoms with E-state index in [4.69, 9.17) is 0 Å². The van der Waals surface area contributed by atoms with Crippen LogP contribution in [-0.4, -0.2) is 23.3 Å². The molecule has 2 heterocycles. The summed E-state index contributed by atoms with van der Waals surface area (Å²) in [5, 5.41) is 2.76. The van der Waals surface area contributed by atoms with Crippen LogP contribution in [0.5, 0.6) is 0 Å². The molecule has 112 valence electrons. The Balaban J connectivity index is 1.70. The van der Waals surface area contributed by atoms with E-state index in [9.17, 15) is 9.59 Å². The molecule has 2 amide bonds. The van der Waals surface area contributed by atoms with Crippen LogP contribution in [0.1, 0.15) is 12.0 Å². The van der Waals surface area contributed by atoms with E-state index < -0.39 is 0 Å². The zero-order chi connectivity index (χ0) is 15.5. The number of nitrogens with zero attached hydrogens (tertiary/aromatic N) is 2. The average Bonchev–Trinajstić information content (AvgIpc) is 2.90. The number of pyridine rings is 1. The van der Waals surface area contributed by atoms with Crippen LogP contribution in [0.2, 0.25) is 0 Å². The molecule has 1 atom stereocenters. The molecule has 1 aromatic carbocycles. The van der Waals surface area contributed by atoms with Gasteiger partial charge in [0.2, 0.25) is 11.8 Å². The molecule has 1 fully saturated rings. The molecule has 1 unspecified atom stereocenters. The maximum Gasteiger partial charge on any atom is 0.230 e. The van der Waals surface area contributed by atoms with Gasteiger partial charge in [0.05, 0.1) is 5.92 Å². The Morgan fingerprint density at radius 2 is 2.14 bits per heavy atom. The zero-order valence-corrected chi connectivity index (χ0v) is 12.3. The van der Waals surface area contributed by atoms with Gasteiger partial charge in [-0.15, -0.1) is 0 Å². The summed E-state index contributed by atoms with van der Waals surface area (Å²) in [7, 11) is 0. The topological polar surface area (TPSA) is 62.3 Å². The third-order valence-electron chi connectivity index (χ3n) is 3.73. The van der Waals surface area contributed by atoms with Crippen LogP contribution in [-0.2, 0) is 9.59 Å². The molecule has 2 aromatic rings. The molecule has 0 spiro atoms. The molecular weight excluding hydrogens is 278 g/mol. The van der Waals surface area contributed by atoms with E-state index in [1.54, 1.807) is 23.2 Å². The summed E-state index contributed by atoms with van der Waals surface area (Å²) >= 11 is 0. The van der Waals surface area contributed by atoms with E-state index in [1.165, 1.54) is 0 Å². The predicted molar refractivity (Wildman–Crippen MR) is 84.5 cm³/mol. The number of carbonyl (C=O) groups excluding carboxylic acids is 2. The minimum atomic E-state index is -0.352. The number of rotatable bonds is 3. The van der Waals surface area contributed by atoms with Crippen molar-refractivity contribution in [3.8, 4) is 0 Å². The first-order valence-electron chi connectivity index (χ1n) is 7.22. The van der Waals surface area contributed by atoms with E-state index in [0.29, 0.717) is 12.4 Å². The van der Waals surface area contributed by atoms with Crippen molar-refractivity contribution in [2.45, 2.75) is 13.3 Å². The summed E-state index contributed by atoms with van der Waals surface area (Å²) in [5.41, 5.74) is 1.94. The number of aromatic nitrogens is 1. The van der Waals surface area contributed by atoms with E-state index in [-0.39, 0.29) is 24.2 Å². The lowest BCUT2D eigenvalue weighted by molar-refractivity contribution is -0.122. The van der Waals surface area contributed by atoms with Crippen molar-refractivity contribution in [3.05, 3.63) is 54.2 Å². The van der Waals surface area contributed by atoms with Gasteiger partial charge in [0, 0.05) is 24.8 Å². The molecule has 1 N–H and O–H groups in total. The van der Waals surface area contributed by atoms with Crippen molar-refractivity contribution in [1.29, 1.82) is 0 Å². The van der Waals surface area contributed by atoms with Gasteiger partial charge < -0.3 is 10.2 Å². The Bertz CT molecular complexity index is 700. The maximum atomic E-state index is 12.3. The lowest BCUT2D eigenvalue weighted by atomic mass is 10.1. The Kier molecular flexibility index (Phi) is 3.87. The molecule has 22 heavy (non-hydrogen) atoms. The number of hydrogen-bond acceptors (Lipinski definition) is 3. The Morgan fingerprint density at radius 3 is 2.86 bits per heavy atom. The highest BCUT2D eigenvalue weighted by molar-refractivity contribution is 6.03. The van der Waals surface area contributed by atoms with Crippen LogP contribution in [0.15, 0.2) is 48.7 Å². The molecule has 1 saturated heterocycles. The van der Waals surface area contributed by atoms with Gasteiger partial charge in [-0.1, -0.05) is 18.2 Å². The van der Waals surface area contributed by atoms with Gasteiger partial charge in [0.15, 0.2) is 0 Å². The highest BCUT2D eigenvalue weighted by Crippen LogP contribution is 2.26. The summed E-state index contributed by atoms with van der Waals surface area (Å²) in [5.74, 6) is -0.0297. The van der Waals surface area contributed by atoms with E-state index in [0.717, 1.165) is 11.3 Å². The van der Waals surface area contributed by atoms with Crippen molar-refractivity contribution in [2.24, 2.45) is 5.92 Å². The zero-order valence-electron chi connectivity index (χ0n) is 12.3. The quantitative estimate of drug-likeness (QED) is 0.945. The summed E-state index contributed by atoms with van der Waals surface area (Å²) in [6, 6.07) is 13.1.